The van der Waals surface area contributed by atoms with Gasteiger partial charge in [0.15, 0.2) is 0 Å². The van der Waals surface area contributed by atoms with E-state index in [9.17, 15) is 19.5 Å². The van der Waals surface area contributed by atoms with Crippen LogP contribution in [0.2, 0.25) is 0 Å². The molecule has 8 nitrogen and oxygen atoms in total. The van der Waals surface area contributed by atoms with Crippen molar-refractivity contribution in [1.29, 1.82) is 0 Å². The van der Waals surface area contributed by atoms with Crippen LogP contribution in [0.5, 0.6) is 0 Å². The molecule has 1 aromatic carbocycles. The number of nitrogens with two attached hydrogens (primary N) is 1. The smallest absolute Gasteiger partial charge is 0.545 e. The van der Waals surface area contributed by atoms with Gasteiger partial charge in [-0.15, -0.1) is 0 Å². The van der Waals surface area contributed by atoms with Crippen molar-refractivity contribution in [2.24, 2.45) is 0 Å². The van der Waals surface area contributed by atoms with Crippen molar-refractivity contribution in [1.82, 2.24) is 10.6 Å². The van der Waals surface area contributed by atoms with Gasteiger partial charge in [0.05, 0.1) is 18.1 Å². The van der Waals surface area contributed by atoms with Gasteiger partial charge in [0.25, 0.3) is 0 Å². The number of hydrogen-bond acceptors (Lipinski definition) is 6. The van der Waals surface area contributed by atoms with Gasteiger partial charge in [-0.2, -0.15) is 11.8 Å². The maximum Gasteiger partial charge on any atom is 1.00 e. The Morgan fingerprint density at radius 1 is 1.22 bits per heavy atom. The molecule has 5 N–H and O–H groups in total. The van der Waals surface area contributed by atoms with Crippen molar-refractivity contribution in [3.05, 3.63) is 29.8 Å². The minimum Gasteiger partial charge on any atom is -0.545 e. The van der Waals surface area contributed by atoms with E-state index in [0.717, 1.165) is 25.0 Å². The molecular weight excluding hydrogens is 381 g/mol. The number of aliphatic carboxylic acids is 1. The number of nitrogens with one attached hydrogen (secondary N) is 2. The van der Waals surface area contributed by atoms with Crippen molar-refractivity contribution in [2.45, 2.75) is 43.0 Å². The molecule has 0 bridgehead atoms. The Morgan fingerprint density at radius 3 is 2.48 bits per heavy atom. The van der Waals surface area contributed by atoms with Crippen LogP contribution < -0.4 is 51.0 Å². The van der Waals surface area contributed by atoms with Gasteiger partial charge in [-0.1, -0.05) is 18.6 Å². The molecule has 2 aliphatic heterocycles. The molecule has 3 atom stereocenters. The first-order chi connectivity index (χ1) is 12.4. The number of rotatable bonds is 6. The average Bonchev–Trinajstić information content (AvgIpc) is 3.12. The average molecular weight is 403 g/mol. The molecule has 10 heteroatoms. The monoisotopic (exact) mass is 403 g/mol. The number of benzene rings is 1. The van der Waals surface area contributed by atoms with Gasteiger partial charge in [0.1, 0.15) is 0 Å². The molecule has 2 fully saturated rings. The van der Waals surface area contributed by atoms with Crippen molar-refractivity contribution < 1.29 is 54.2 Å². The molecule has 0 aromatic heterocycles. The minimum atomic E-state index is -1.18. The molecule has 2 aliphatic rings. The summed E-state index contributed by atoms with van der Waals surface area (Å²) in [4.78, 5) is 31.6. The summed E-state index contributed by atoms with van der Waals surface area (Å²) in [6.45, 7) is 0. The number of unbranched alkanes of at least 4 members (excludes halogenated alkanes) is 1. The van der Waals surface area contributed by atoms with Crippen LogP contribution in [0.1, 0.15) is 36.0 Å². The van der Waals surface area contributed by atoms with Crippen molar-refractivity contribution in [3.63, 3.8) is 0 Å². The van der Waals surface area contributed by atoms with Crippen molar-refractivity contribution in [3.8, 4) is 0 Å². The topological polar surface area (TPSA) is 145 Å². The Morgan fingerprint density at radius 2 is 1.89 bits per heavy atom. The fourth-order valence-corrected chi connectivity index (χ4v) is 4.43. The standard InChI is InChI=1S/C10H16N2O3S.C7H7NO2.Na/c13-8(14)4-2-1-3-7-9-6(5-16-7)11-10(15)12-9;8-6-3-1-5(2-4-6)7(9)10;/h6-7,9H,1-5H2,(H,13,14)(H2,11,12,15);1-4H,8H2,(H,9,10);/q;;+1/p-1/t6-,7-,9-;;/m0../s1. The van der Waals surface area contributed by atoms with E-state index in [-0.39, 0.29) is 59.7 Å². The molecule has 2 amide bonds. The zero-order valence-electron chi connectivity index (χ0n) is 15.1. The first-order valence-electron chi connectivity index (χ1n) is 8.34. The first kappa shape index (κ1) is 23.6. The molecular formula is C17H22N3NaO5S. The van der Waals surface area contributed by atoms with Gasteiger partial charge in [-0.05, 0) is 30.5 Å². The zero-order valence-corrected chi connectivity index (χ0v) is 18.0. The van der Waals surface area contributed by atoms with Gasteiger partial charge < -0.3 is 31.4 Å². The Kier molecular flexibility index (Phi) is 10.00. The van der Waals surface area contributed by atoms with Gasteiger partial charge in [-0.25, -0.2) is 4.79 Å². The van der Waals surface area contributed by atoms with Crippen molar-refractivity contribution >= 4 is 35.4 Å². The molecule has 2 saturated heterocycles. The molecule has 142 valence electrons. The summed E-state index contributed by atoms with van der Waals surface area (Å²) in [6, 6.07) is 6.29. The zero-order chi connectivity index (χ0) is 19.1. The van der Waals surface area contributed by atoms with Gasteiger partial charge in [0, 0.05) is 23.1 Å². The van der Waals surface area contributed by atoms with Crippen LogP contribution in [-0.2, 0) is 4.79 Å². The molecule has 0 saturated carbocycles. The fraction of sp³-hybridized carbons (Fsp3) is 0.471. The van der Waals surface area contributed by atoms with Crippen LogP contribution in [0.3, 0.4) is 0 Å². The summed E-state index contributed by atoms with van der Waals surface area (Å²) in [7, 11) is 0. The number of nitrogen functional groups attached to an aromatic ring is 1. The summed E-state index contributed by atoms with van der Waals surface area (Å²) in [5, 5.41) is 24.9. The minimum absolute atomic E-state index is 0. The predicted molar refractivity (Wildman–Crippen MR) is 96.8 cm³/mol. The molecule has 0 unspecified atom stereocenters. The molecule has 0 aliphatic carbocycles. The summed E-state index contributed by atoms with van der Waals surface area (Å²) in [5.74, 6) is -0.944. The van der Waals surface area contributed by atoms with Crippen LogP contribution in [0.25, 0.3) is 0 Å². The summed E-state index contributed by atoms with van der Waals surface area (Å²) in [6.07, 6.45) is 2.88. The SMILES string of the molecule is Nc1ccc(C(=O)[O-])cc1.O=C(O)CCCC[C@@H]1SC[C@@H]2NC(=O)N[C@@H]21.[Na+]. The van der Waals surface area contributed by atoms with E-state index < -0.39 is 11.9 Å². The third-order valence-electron chi connectivity index (χ3n) is 4.21. The van der Waals surface area contributed by atoms with Gasteiger partial charge >= 0.3 is 41.6 Å². The summed E-state index contributed by atoms with van der Waals surface area (Å²) >= 11 is 1.87. The van der Waals surface area contributed by atoms with E-state index in [1.54, 1.807) is 0 Å². The van der Waals surface area contributed by atoms with Crippen LogP contribution in [0.4, 0.5) is 10.5 Å². The van der Waals surface area contributed by atoms with E-state index in [1.165, 1.54) is 24.3 Å². The Balaban J connectivity index is 0.000000288. The van der Waals surface area contributed by atoms with Crippen LogP contribution >= 0.6 is 11.8 Å². The van der Waals surface area contributed by atoms with E-state index in [1.807, 2.05) is 11.8 Å². The number of carbonyl (C=O) groups excluding carboxylic acids is 2. The fourth-order valence-electron chi connectivity index (χ4n) is 2.88. The van der Waals surface area contributed by atoms with Crippen molar-refractivity contribution in [2.75, 3.05) is 11.5 Å². The Bertz CT molecular complexity index is 658. The number of urea groups is 1. The van der Waals surface area contributed by atoms with Gasteiger partial charge in [-0.3, -0.25) is 4.79 Å². The normalized spacial score (nSPS) is 22.4. The van der Waals surface area contributed by atoms with Crippen LogP contribution in [-0.4, -0.2) is 46.2 Å². The number of fused-ring (bicyclic) bond motifs is 1. The van der Waals surface area contributed by atoms with Crippen LogP contribution in [0.15, 0.2) is 24.3 Å². The second kappa shape index (κ2) is 11.4. The summed E-state index contributed by atoms with van der Waals surface area (Å²) in [5.41, 5.74) is 6.01. The number of carboxylic acid groups (broad SMARTS) is 2. The Labute approximate surface area is 183 Å². The second-order valence-electron chi connectivity index (χ2n) is 6.17. The van der Waals surface area contributed by atoms with E-state index in [2.05, 4.69) is 10.6 Å². The number of thioether (sulfide) groups is 1. The number of hydrogen-bond donors (Lipinski definition) is 4. The van der Waals surface area contributed by atoms with E-state index in [0.29, 0.717) is 10.9 Å². The Hall–Kier alpha value is -1.42. The van der Waals surface area contributed by atoms with E-state index >= 15 is 0 Å². The molecule has 27 heavy (non-hydrogen) atoms. The van der Waals surface area contributed by atoms with Crippen LogP contribution in [0, 0.1) is 0 Å². The number of anilines is 1. The molecule has 0 radical (unpaired) electrons. The molecule has 0 spiro atoms. The largest absolute Gasteiger partial charge is 1.00 e. The molecule has 2 heterocycles. The quantitative estimate of drug-likeness (QED) is 0.177. The number of carboxylic acids is 2. The van der Waals surface area contributed by atoms with E-state index in [4.69, 9.17) is 10.8 Å². The number of aromatic carboxylic acids is 1. The third kappa shape index (κ3) is 7.61. The number of carbonyl (C=O) groups is 3. The first-order valence-corrected chi connectivity index (χ1v) is 9.39. The molecule has 1 aromatic rings. The predicted octanol–water partition coefficient (Wildman–Crippen LogP) is -2.57. The maximum absolute atomic E-state index is 11.1. The summed E-state index contributed by atoms with van der Waals surface area (Å²) < 4.78 is 0. The van der Waals surface area contributed by atoms with Gasteiger partial charge in [0.2, 0.25) is 0 Å². The second-order valence-corrected chi connectivity index (χ2v) is 7.44. The number of amides is 2. The third-order valence-corrected chi connectivity index (χ3v) is 5.72. The maximum atomic E-state index is 11.1. The molecule has 3 rings (SSSR count).